The van der Waals surface area contributed by atoms with Gasteiger partial charge in [0.05, 0.1) is 32.5 Å². The van der Waals surface area contributed by atoms with Crippen molar-refractivity contribution in [2.45, 2.75) is 0 Å². The molecule has 2 rings (SSSR count). The van der Waals surface area contributed by atoms with Gasteiger partial charge in [-0.25, -0.2) is 9.82 Å². The average Bonchev–Trinajstić information content (AvgIpc) is 2.66. The number of hydrogen-bond acceptors (Lipinski definition) is 5. The number of halogens is 1. The molecule has 0 aliphatic carbocycles. The van der Waals surface area contributed by atoms with Crippen LogP contribution in [0.3, 0.4) is 0 Å². The van der Waals surface area contributed by atoms with E-state index in [1.165, 1.54) is 37.6 Å². The highest BCUT2D eigenvalue weighted by Gasteiger charge is 2.11. The molecule has 2 amide bonds. The van der Waals surface area contributed by atoms with Gasteiger partial charge in [0, 0.05) is 11.6 Å². The van der Waals surface area contributed by atoms with Gasteiger partial charge in [0.25, 0.3) is 11.8 Å². The maximum Gasteiger partial charge on any atom is 0.259 e. The van der Waals surface area contributed by atoms with Crippen LogP contribution in [-0.2, 0) is 4.79 Å². The van der Waals surface area contributed by atoms with Crippen LogP contribution in [0.5, 0.6) is 11.5 Å². The number of carbonyl (C=O) groups excluding carboxylic acids is 2. The van der Waals surface area contributed by atoms with Crippen molar-refractivity contribution in [2.75, 3.05) is 20.8 Å². The van der Waals surface area contributed by atoms with Crippen LogP contribution in [-0.4, -0.2) is 38.8 Å². The normalized spacial score (nSPS) is 10.4. The maximum absolute atomic E-state index is 13.5. The smallest absolute Gasteiger partial charge is 0.259 e. The molecule has 2 aromatic rings. The molecular weight excluding hydrogens is 341 g/mol. The molecule has 7 nitrogen and oxygen atoms in total. The van der Waals surface area contributed by atoms with E-state index in [-0.39, 0.29) is 12.1 Å². The summed E-state index contributed by atoms with van der Waals surface area (Å²) >= 11 is 0. The second kappa shape index (κ2) is 9.16. The summed E-state index contributed by atoms with van der Waals surface area (Å²) in [6.45, 7) is -0.343. The topological polar surface area (TPSA) is 89.0 Å². The zero-order valence-corrected chi connectivity index (χ0v) is 14.3. The minimum Gasteiger partial charge on any atom is -0.497 e. The maximum atomic E-state index is 13.5. The highest BCUT2D eigenvalue weighted by atomic mass is 19.1. The minimum atomic E-state index is -0.681. The van der Waals surface area contributed by atoms with Gasteiger partial charge in [0.15, 0.2) is 0 Å². The zero-order valence-electron chi connectivity index (χ0n) is 14.3. The number of methoxy groups -OCH3 is 2. The Hall–Kier alpha value is -3.42. The third-order valence-corrected chi connectivity index (χ3v) is 3.36. The van der Waals surface area contributed by atoms with E-state index in [2.05, 4.69) is 15.8 Å². The van der Waals surface area contributed by atoms with Crippen LogP contribution in [0.1, 0.15) is 15.9 Å². The molecule has 8 heteroatoms. The van der Waals surface area contributed by atoms with Crippen LogP contribution in [0, 0.1) is 5.82 Å². The number of ether oxygens (including phenoxy) is 2. The summed E-state index contributed by atoms with van der Waals surface area (Å²) in [5.41, 5.74) is 2.76. The molecule has 26 heavy (non-hydrogen) atoms. The Labute approximate surface area is 149 Å². The minimum absolute atomic E-state index is 0.133. The van der Waals surface area contributed by atoms with Gasteiger partial charge in [-0.15, -0.1) is 0 Å². The molecule has 0 aliphatic heterocycles. The van der Waals surface area contributed by atoms with Crippen molar-refractivity contribution in [3.63, 3.8) is 0 Å². The summed E-state index contributed by atoms with van der Waals surface area (Å²) in [5.74, 6) is -0.749. The fourth-order valence-electron chi connectivity index (χ4n) is 2.04. The molecule has 0 aromatic heterocycles. The Bertz CT molecular complexity index is 824. The second-order valence-electron chi connectivity index (χ2n) is 5.06. The van der Waals surface area contributed by atoms with Crippen LogP contribution >= 0.6 is 0 Å². The van der Waals surface area contributed by atoms with E-state index in [1.54, 1.807) is 25.3 Å². The number of nitrogens with one attached hydrogen (secondary N) is 2. The van der Waals surface area contributed by atoms with Crippen molar-refractivity contribution in [2.24, 2.45) is 5.10 Å². The van der Waals surface area contributed by atoms with E-state index >= 15 is 0 Å². The van der Waals surface area contributed by atoms with Gasteiger partial charge in [0.1, 0.15) is 17.3 Å². The SMILES string of the molecule is COc1ccc(/C=N\NC(=O)CNC(=O)c2ccccc2F)c(OC)c1. The van der Waals surface area contributed by atoms with Crippen molar-refractivity contribution >= 4 is 18.0 Å². The summed E-state index contributed by atoms with van der Waals surface area (Å²) in [6, 6.07) is 10.6. The predicted octanol–water partition coefficient (Wildman–Crippen LogP) is 1.72. The van der Waals surface area contributed by atoms with E-state index in [0.717, 1.165) is 0 Å². The molecular formula is C18H18FN3O4. The monoisotopic (exact) mass is 359 g/mol. The summed E-state index contributed by atoms with van der Waals surface area (Å²) in [4.78, 5) is 23.5. The lowest BCUT2D eigenvalue weighted by molar-refractivity contribution is -0.120. The fourth-order valence-corrected chi connectivity index (χ4v) is 2.04. The number of hydrogen-bond donors (Lipinski definition) is 2. The van der Waals surface area contributed by atoms with Gasteiger partial charge in [-0.1, -0.05) is 12.1 Å². The fraction of sp³-hybridized carbons (Fsp3) is 0.167. The van der Waals surface area contributed by atoms with Gasteiger partial charge in [-0.05, 0) is 24.3 Å². The standard InChI is InChI=1S/C18H18FN3O4/c1-25-13-8-7-12(16(9-13)26-2)10-21-22-17(23)11-20-18(24)14-5-3-4-6-15(14)19/h3-10H,11H2,1-2H3,(H,20,24)(H,22,23)/b21-10-. The molecule has 136 valence electrons. The van der Waals surface area contributed by atoms with Crippen molar-refractivity contribution in [1.82, 2.24) is 10.7 Å². The first-order chi connectivity index (χ1) is 12.5. The average molecular weight is 359 g/mol. The highest BCUT2D eigenvalue weighted by molar-refractivity contribution is 5.96. The quantitative estimate of drug-likeness (QED) is 0.582. The largest absolute Gasteiger partial charge is 0.497 e. The summed E-state index contributed by atoms with van der Waals surface area (Å²) in [7, 11) is 3.04. The molecule has 0 radical (unpaired) electrons. The first-order valence-electron chi connectivity index (χ1n) is 7.61. The van der Waals surface area contributed by atoms with Gasteiger partial charge in [-0.3, -0.25) is 9.59 Å². The van der Waals surface area contributed by atoms with Gasteiger partial charge in [0.2, 0.25) is 0 Å². The number of rotatable bonds is 7. The molecule has 0 bridgehead atoms. The van der Waals surface area contributed by atoms with Crippen molar-refractivity contribution in [3.8, 4) is 11.5 Å². The summed E-state index contributed by atoms with van der Waals surface area (Å²) in [5, 5.41) is 6.12. The van der Waals surface area contributed by atoms with E-state index in [9.17, 15) is 14.0 Å². The van der Waals surface area contributed by atoms with Crippen LogP contribution in [0.4, 0.5) is 4.39 Å². The Morgan fingerprint density at radius 2 is 1.92 bits per heavy atom. The molecule has 0 unspecified atom stereocenters. The third-order valence-electron chi connectivity index (χ3n) is 3.36. The Morgan fingerprint density at radius 1 is 1.15 bits per heavy atom. The number of amides is 2. The van der Waals surface area contributed by atoms with Crippen molar-refractivity contribution in [3.05, 3.63) is 59.4 Å². The van der Waals surface area contributed by atoms with Crippen molar-refractivity contribution < 1.29 is 23.5 Å². The summed E-state index contributed by atoms with van der Waals surface area (Å²) in [6.07, 6.45) is 1.40. The molecule has 0 fully saturated rings. The van der Waals surface area contributed by atoms with E-state index in [0.29, 0.717) is 17.1 Å². The molecule has 0 aliphatic rings. The Balaban J connectivity index is 1.88. The van der Waals surface area contributed by atoms with Crippen LogP contribution in [0.2, 0.25) is 0 Å². The van der Waals surface area contributed by atoms with Crippen LogP contribution < -0.4 is 20.2 Å². The number of benzene rings is 2. The van der Waals surface area contributed by atoms with E-state index < -0.39 is 17.6 Å². The van der Waals surface area contributed by atoms with E-state index in [4.69, 9.17) is 9.47 Å². The predicted molar refractivity (Wildman–Crippen MR) is 94.0 cm³/mol. The van der Waals surface area contributed by atoms with Gasteiger partial charge in [-0.2, -0.15) is 5.10 Å². The first-order valence-corrected chi connectivity index (χ1v) is 7.61. The first kappa shape index (κ1) is 18.9. The molecule has 0 heterocycles. The highest BCUT2D eigenvalue weighted by Crippen LogP contribution is 2.22. The lowest BCUT2D eigenvalue weighted by atomic mass is 10.2. The third kappa shape index (κ3) is 5.04. The van der Waals surface area contributed by atoms with Crippen molar-refractivity contribution in [1.29, 1.82) is 0 Å². The number of carbonyl (C=O) groups is 2. The van der Waals surface area contributed by atoms with E-state index in [1.807, 2.05) is 0 Å². The lowest BCUT2D eigenvalue weighted by Crippen LogP contribution is -2.35. The van der Waals surface area contributed by atoms with Gasteiger partial charge >= 0.3 is 0 Å². The van der Waals surface area contributed by atoms with Gasteiger partial charge < -0.3 is 14.8 Å². The molecule has 0 saturated carbocycles. The molecule has 2 N–H and O–H groups in total. The van der Waals surface area contributed by atoms with Crippen LogP contribution in [0.15, 0.2) is 47.6 Å². The second-order valence-corrected chi connectivity index (χ2v) is 5.06. The number of hydrazone groups is 1. The zero-order chi connectivity index (χ0) is 18.9. The molecule has 0 atom stereocenters. The Kier molecular flexibility index (Phi) is 6.67. The van der Waals surface area contributed by atoms with Crippen LogP contribution in [0.25, 0.3) is 0 Å². The Morgan fingerprint density at radius 3 is 2.62 bits per heavy atom. The number of nitrogens with zero attached hydrogens (tertiary/aromatic N) is 1. The summed E-state index contributed by atoms with van der Waals surface area (Å²) < 4.78 is 23.8. The molecule has 2 aromatic carbocycles. The molecule has 0 saturated heterocycles. The molecule has 0 spiro atoms. The lowest BCUT2D eigenvalue weighted by Gasteiger charge is -2.07.